The Bertz CT molecular complexity index is 1010. The SMILES string of the molecule is O=c1ccc2ccc(-c3cncc4ccccc34)cc2[nH]1. The van der Waals surface area contributed by atoms with Gasteiger partial charge in [-0.25, -0.2) is 0 Å². The van der Waals surface area contributed by atoms with Gasteiger partial charge in [-0.05, 0) is 28.5 Å². The van der Waals surface area contributed by atoms with Crippen LogP contribution in [-0.2, 0) is 0 Å². The molecule has 0 spiro atoms. The van der Waals surface area contributed by atoms with Gasteiger partial charge in [-0.15, -0.1) is 0 Å². The minimum atomic E-state index is -0.0873. The van der Waals surface area contributed by atoms with Crippen LogP contribution in [-0.4, -0.2) is 9.97 Å². The van der Waals surface area contributed by atoms with E-state index in [-0.39, 0.29) is 5.56 Å². The Morgan fingerprint density at radius 2 is 1.71 bits per heavy atom. The van der Waals surface area contributed by atoms with Crippen LogP contribution in [0.1, 0.15) is 0 Å². The molecule has 4 rings (SSSR count). The predicted octanol–water partition coefficient (Wildman–Crippen LogP) is 3.74. The molecule has 0 saturated carbocycles. The molecule has 4 aromatic rings. The maximum atomic E-state index is 11.5. The van der Waals surface area contributed by atoms with E-state index in [0.717, 1.165) is 32.8 Å². The van der Waals surface area contributed by atoms with Crippen molar-refractivity contribution in [3.8, 4) is 11.1 Å². The number of rotatable bonds is 1. The van der Waals surface area contributed by atoms with Gasteiger partial charge in [0.15, 0.2) is 0 Å². The molecule has 0 aliphatic heterocycles. The Kier molecular flexibility index (Phi) is 2.57. The summed E-state index contributed by atoms with van der Waals surface area (Å²) in [5.41, 5.74) is 2.87. The summed E-state index contributed by atoms with van der Waals surface area (Å²) < 4.78 is 0. The van der Waals surface area contributed by atoms with Gasteiger partial charge in [0, 0.05) is 34.9 Å². The number of hydrogen-bond donors (Lipinski definition) is 1. The van der Waals surface area contributed by atoms with Gasteiger partial charge < -0.3 is 4.98 Å². The molecule has 0 radical (unpaired) electrons. The summed E-state index contributed by atoms with van der Waals surface area (Å²) in [5, 5.41) is 3.29. The van der Waals surface area contributed by atoms with Gasteiger partial charge in [-0.1, -0.05) is 36.4 Å². The fourth-order valence-electron chi connectivity index (χ4n) is 2.66. The van der Waals surface area contributed by atoms with Crippen molar-refractivity contribution in [2.75, 3.05) is 0 Å². The van der Waals surface area contributed by atoms with Gasteiger partial charge in [0.1, 0.15) is 0 Å². The molecule has 0 atom stereocenters. The average Bonchev–Trinajstić information content (AvgIpc) is 2.53. The second-order valence-electron chi connectivity index (χ2n) is 5.03. The van der Waals surface area contributed by atoms with Crippen molar-refractivity contribution in [2.45, 2.75) is 0 Å². The maximum absolute atomic E-state index is 11.5. The van der Waals surface area contributed by atoms with E-state index in [4.69, 9.17) is 0 Å². The molecule has 0 amide bonds. The smallest absolute Gasteiger partial charge is 0.248 e. The first-order valence-electron chi connectivity index (χ1n) is 6.77. The quantitative estimate of drug-likeness (QED) is 0.573. The van der Waals surface area contributed by atoms with E-state index in [1.807, 2.05) is 42.7 Å². The van der Waals surface area contributed by atoms with Crippen LogP contribution in [0.15, 0.2) is 71.8 Å². The number of hydrogen-bond acceptors (Lipinski definition) is 2. The van der Waals surface area contributed by atoms with Gasteiger partial charge in [-0.2, -0.15) is 0 Å². The Morgan fingerprint density at radius 3 is 2.67 bits per heavy atom. The van der Waals surface area contributed by atoms with Crippen LogP contribution < -0.4 is 5.56 Å². The summed E-state index contributed by atoms with van der Waals surface area (Å²) in [4.78, 5) is 18.7. The van der Waals surface area contributed by atoms with Gasteiger partial charge in [0.25, 0.3) is 0 Å². The highest BCUT2D eigenvalue weighted by Gasteiger charge is 2.05. The number of nitrogens with one attached hydrogen (secondary N) is 1. The zero-order valence-electron chi connectivity index (χ0n) is 11.2. The number of H-pyrrole nitrogens is 1. The zero-order chi connectivity index (χ0) is 14.2. The molecule has 3 heteroatoms. The Morgan fingerprint density at radius 1 is 0.857 bits per heavy atom. The molecule has 0 aliphatic carbocycles. The van der Waals surface area contributed by atoms with Crippen molar-refractivity contribution in [1.29, 1.82) is 0 Å². The molecule has 0 unspecified atom stereocenters. The summed E-state index contributed by atoms with van der Waals surface area (Å²) in [5.74, 6) is 0. The first-order valence-corrected chi connectivity index (χ1v) is 6.77. The number of pyridine rings is 2. The standard InChI is InChI=1S/C18H12N2O/c21-18-8-7-12-5-6-13(9-17(12)20-18)16-11-19-10-14-3-1-2-4-15(14)16/h1-11H,(H,20,21). The molecule has 0 bridgehead atoms. The van der Waals surface area contributed by atoms with E-state index >= 15 is 0 Å². The van der Waals surface area contributed by atoms with E-state index in [1.165, 1.54) is 0 Å². The third kappa shape index (κ3) is 1.99. The second-order valence-corrected chi connectivity index (χ2v) is 5.03. The lowest BCUT2D eigenvalue weighted by atomic mass is 10.00. The van der Waals surface area contributed by atoms with E-state index in [9.17, 15) is 4.79 Å². The zero-order valence-corrected chi connectivity index (χ0v) is 11.2. The Balaban J connectivity index is 2.02. The van der Waals surface area contributed by atoms with Crippen molar-refractivity contribution < 1.29 is 0 Å². The molecule has 2 heterocycles. The maximum Gasteiger partial charge on any atom is 0.248 e. The fraction of sp³-hybridized carbons (Fsp3) is 0. The molecular formula is C18H12N2O. The van der Waals surface area contributed by atoms with Crippen LogP contribution in [0.5, 0.6) is 0 Å². The minimum absolute atomic E-state index is 0.0873. The van der Waals surface area contributed by atoms with E-state index in [2.05, 4.69) is 28.2 Å². The monoisotopic (exact) mass is 272 g/mol. The summed E-state index contributed by atoms with van der Waals surface area (Å²) in [6.07, 6.45) is 3.73. The second kappa shape index (κ2) is 4.56. The van der Waals surface area contributed by atoms with Crippen molar-refractivity contribution in [1.82, 2.24) is 9.97 Å². The summed E-state index contributed by atoms with van der Waals surface area (Å²) in [7, 11) is 0. The molecular weight excluding hydrogens is 260 g/mol. The number of aromatic nitrogens is 2. The van der Waals surface area contributed by atoms with Crippen molar-refractivity contribution in [2.24, 2.45) is 0 Å². The topological polar surface area (TPSA) is 45.8 Å². The van der Waals surface area contributed by atoms with Crippen molar-refractivity contribution in [3.05, 3.63) is 77.3 Å². The van der Waals surface area contributed by atoms with Crippen molar-refractivity contribution in [3.63, 3.8) is 0 Å². The molecule has 2 aromatic heterocycles. The lowest BCUT2D eigenvalue weighted by Gasteiger charge is -2.07. The van der Waals surface area contributed by atoms with Crippen molar-refractivity contribution >= 4 is 21.7 Å². The third-order valence-corrected chi connectivity index (χ3v) is 3.70. The van der Waals surface area contributed by atoms with Crippen LogP contribution in [0.25, 0.3) is 32.8 Å². The number of aromatic amines is 1. The normalized spacial score (nSPS) is 11.0. The lowest BCUT2D eigenvalue weighted by Crippen LogP contribution is -2.02. The number of nitrogens with zero attached hydrogens (tertiary/aromatic N) is 1. The van der Waals surface area contributed by atoms with Gasteiger partial charge in [0.2, 0.25) is 5.56 Å². The first-order chi connectivity index (χ1) is 10.3. The van der Waals surface area contributed by atoms with Gasteiger partial charge in [-0.3, -0.25) is 9.78 Å². The molecule has 1 N–H and O–H groups in total. The Labute approximate surface area is 120 Å². The molecule has 2 aromatic carbocycles. The van der Waals surface area contributed by atoms with Crippen LogP contribution in [0.2, 0.25) is 0 Å². The molecule has 3 nitrogen and oxygen atoms in total. The third-order valence-electron chi connectivity index (χ3n) is 3.70. The molecule has 100 valence electrons. The number of benzene rings is 2. The minimum Gasteiger partial charge on any atom is -0.322 e. The number of fused-ring (bicyclic) bond motifs is 2. The van der Waals surface area contributed by atoms with Crippen LogP contribution >= 0.6 is 0 Å². The lowest BCUT2D eigenvalue weighted by molar-refractivity contribution is 1.31. The molecule has 21 heavy (non-hydrogen) atoms. The highest BCUT2D eigenvalue weighted by atomic mass is 16.1. The van der Waals surface area contributed by atoms with Crippen LogP contribution in [0, 0.1) is 0 Å². The predicted molar refractivity (Wildman–Crippen MR) is 85.3 cm³/mol. The van der Waals surface area contributed by atoms with Gasteiger partial charge >= 0.3 is 0 Å². The Hall–Kier alpha value is -2.94. The molecule has 0 fully saturated rings. The highest BCUT2D eigenvalue weighted by molar-refractivity contribution is 5.97. The summed E-state index contributed by atoms with van der Waals surface area (Å²) >= 11 is 0. The molecule has 0 saturated heterocycles. The van der Waals surface area contributed by atoms with Crippen LogP contribution in [0.4, 0.5) is 0 Å². The average molecular weight is 272 g/mol. The van der Waals surface area contributed by atoms with E-state index in [1.54, 1.807) is 6.07 Å². The fourth-order valence-corrected chi connectivity index (χ4v) is 2.66. The molecule has 0 aliphatic rings. The van der Waals surface area contributed by atoms with Crippen LogP contribution in [0.3, 0.4) is 0 Å². The highest BCUT2D eigenvalue weighted by Crippen LogP contribution is 2.29. The van der Waals surface area contributed by atoms with E-state index in [0.29, 0.717) is 0 Å². The summed E-state index contributed by atoms with van der Waals surface area (Å²) in [6.45, 7) is 0. The summed E-state index contributed by atoms with van der Waals surface area (Å²) in [6, 6.07) is 17.6. The van der Waals surface area contributed by atoms with Gasteiger partial charge in [0.05, 0.1) is 0 Å². The first kappa shape index (κ1) is 11.9. The van der Waals surface area contributed by atoms with E-state index < -0.39 is 0 Å². The largest absolute Gasteiger partial charge is 0.322 e.